The Morgan fingerprint density at radius 3 is 2.90 bits per heavy atom. The lowest BCUT2D eigenvalue weighted by Gasteiger charge is -2.22. The monoisotopic (exact) mass is 397 g/mol. The first-order chi connectivity index (χ1) is 10.2. The van der Waals surface area contributed by atoms with E-state index in [0.29, 0.717) is 0 Å². The van der Waals surface area contributed by atoms with Crippen molar-refractivity contribution in [1.82, 2.24) is 5.32 Å². The first-order valence-corrected chi connectivity index (χ1v) is 8.21. The summed E-state index contributed by atoms with van der Waals surface area (Å²) >= 11 is 2.19. The molecule has 1 N–H and O–H groups in total. The van der Waals surface area contributed by atoms with Crippen molar-refractivity contribution in [2.75, 3.05) is 13.2 Å². The Hall–Kier alpha value is -1.14. The molecule has 2 aromatic carbocycles. The van der Waals surface area contributed by atoms with E-state index in [2.05, 4.69) is 53.0 Å². The lowest BCUT2D eigenvalue weighted by Crippen LogP contribution is -2.23. The molecule has 0 saturated carbocycles. The Morgan fingerprint density at radius 1 is 1.29 bits per heavy atom. The quantitative estimate of drug-likeness (QED) is 0.786. The second-order valence-corrected chi connectivity index (χ2v) is 6.25. The minimum atomic E-state index is -0.201. The molecule has 3 rings (SSSR count). The van der Waals surface area contributed by atoms with E-state index in [1.807, 2.05) is 6.07 Å². The average molecular weight is 397 g/mol. The summed E-state index contributed by atoms with van der Waals surface area (Å²) in [5.41, 5.74) is 3.48. The second kappa shape index (κ2) is 6.32. The third-order valence-corrected chi connectivity index (χ3v) is 4.67. The van der Waals surface area contributed by atoms with Crippen LogP contribution in [0.2, 0.25) is 0 Å². The summed E-state index contributed by atoms with van der Waals surface area (Å²) in [6.07, 6.45) is 0.961. The maximum atomic E-state index is 13.4. The third kappa shape index (κ3) is 2.92. The first-order valence-electron chi connectivity index (χ1n) is 7.13. The van der Waals surface area contributed by atoms with Crippen LogP contribution in [0.25, 0.3) is 0 Å². The molecule has 1 atom stereocenters. The molecule has 0 spiro atoms. The highest BCUT2D eigenvalue weighted by molar-refractivity contribution is 14.1. The third-order valence-electron chi connectivity index (χ3n) is 3.74. The van der Waals surface area contributed by atoms with Gasteiger partial charge in [-0.3, -0.25) is 0 Å². The Kier molecular flexibility index (Phi) is 4.45. The Bertz CT molecular complexity index is 659. The minimum Gasteiger partial charge on any atom is -0.493 e. The van der Waals surface area contributed by atoms with E-state index in [-0.39, 0.29) is 11.9 Å². The molecule has 0 amide bonds. The summed E-state index contributed by atoms with van der Waals surface area (Å²) < 4.78 is 20.1. The Labute approximate surface area is 137 Å². The Morgan fingerprint density at radius 2 is 2.14 bits per heavy atom. The second-order valence-electron chi connectivity index (χ2n) is 5.09. The number of hydrogen-bond donors (Lipinski definition) is 1. The van der Waals surface area contributed by atoms with Crippen LogP contribution in [-0.4, -0.2) is 13.2 Å². The first kappa shape index (κ1) is 14.8. The van der Waals surface area contributed by atoms with E-state index in [9.17, 15) is 4.39 Å². The smallest absolute Gasteiger partial charge is 0.127 e. The molecule has 0 bridgehead atoms. The molecule has 1 aliphatic heterocycles. The van der Waals surface area contributed by atoms with Crippen molar-refractivity contribution in [2.24, 2.45) is 0 Å². The molecular formula is C17H17FINO. The number of hydrogen-bond acceptors (Lipinski definition) is 2. The maximum absolute atomic E-state index is 13.4. The van der Waals surface area contributed by atoms with Gasteiger partial charge in [-0.2, -0.15) is 0 Å². The summed E-state index contributed by atoms with van der Waals surface area (Å²) in [5, 5.41) is 3.50. The standard InChI is InChI=1S/C17H17FINO/c1-2-20-16(13-7-6-12(18)10-15(13)19)14-5-3-4-11-8-9-21-17(11)14/h3-7,10,16,20H,2,8-9H2,1H3. The molecule has 0 aliphatic carbocycles. The molecule has 2 aromatic rings. The highest BCUT2D eigenvalue weighted by Crippen LogP contribution is 2.37. The zero-order valence-electron chi connectivity index (χ0n) is 11.8. The van der Waals surface area contributed by atoms with Crippen LogP contribution in [0.1, 0.15) is 29.7 Å². The number of para-hydroxylation sites is 1. The molecule has 4 heteroatoms. The van der Waals surface area contributed by atoms with Gasteiger partial charge in [0.05, 0.1) is 12.6 Å². The van der Waals surface area contributed by atoms with E-state index >= 15 is 0 Å². The molecule has 1 aliphatic rings. The molecule has 0 radical (unpaired) electrons. The topological polar surface area (TPSA) is 21.3 Å². The molecule has 2 nitrogen and oxygen atoms in total. The van der Waals surface area contributed by atoms with Crippen molar-refractivity contribution in [3.63, 3.8) is 0 Å². The van der Waals surface area contributed by atoms with E-state index in [1.165, 1.54) is 11.6 Å². The summed E-state index contributed by atoms with van der Waals surface area (Å²) in [7, 11) is 0. The van der Waals surface area contributed by atoms with Gasteiger partial charge in [-0.05, 0) is 52.4 Å². The van der Waals surface area contributed by atoms with Crippen LogP contribution in [0.15, 0.2) is 36.4 Å². The molecular weight excluding hydrogens is 380 g/mol. The molecule has 110 valence electrons. The number of ether oxygens (including phenoxy) is 1. The van der Waals surface area contributed by atoms with Gasteiger partial charge < -0.3 is 10.1 Å². The average Bonchev–Trinajstić information content (AvgIpc) is 2.94. The number of halogens is 2. The van der Waals surface area contributed by atoms with Gasteiger partial charge in [-0.25, -0.2) is 4.39 Å². The predicted octanol–water partition coefficient (Wildman–Crippen LogP) is 4.06. The van der Waals surface area contributed by atoms with Crippen LogP contribution in [0, 0.1) is 9.39 Å². The lowest BCUT2D eigenvalue weighted by atomic mass is 9.95. The van der Waals surface area contributed by atoms with Crippen LogP contribution >= 0.6 is 22.6 Å². The SMILES string of the molecule is CCNC(c1ccc(F)cc1I)c1cccc2c1OCC2. The fraction of sp³-hybridized carbons (Fsp3) is 0.294. The Balaban J connectivity index is 2.08. The van der Waals surface area contributed by atoms with Crippen molar-refractivity contribution in [2.45, 2.75) is 19.4 Å². The van der Waals surface area contributed by atoms with E-state index in [1.54, 1.807) is 6.07 Å². The normalized spacial score (nSPS) is 14.6. The van der Waals surface area contributed by atoms with Crippen molar-refractivity contribution in [1.29, 1.82) is 0 Å². The zero-order valence-corrected chi connectivity index (χ0v) is 14.0. The molecule has 0 saturated heterocycles. The van der Waals surface area contributed by atoms with E-state index in [4.69, 9.17) is 4.74 Å². The number of fused-ring (bicyclic) bond motifs is 1. The fourth-order valence-corrected chi connectivity index (χ4v) is 3.58. The zero-order chi connectivity index (χ0) is 14.8. The van der Waals surface area contributed by atoms with Gasteiger partial charge in [0.1, 0.15) is 11.6 Å². The van der Waals surface area contributed by atoms with Crippen molar-refractivity contribution in [3.8, 4) is 5.75 Å². The summed E-state index contributed by atoms with van der Waals surface area (Å²) in [5.74, 6) is 0.788. The summed E-state index contributed by atoms with van der Waals surface area (Å²) in [4.78, 5) is 0. The van der Waals surface area contributed by atoms with Crippen molar-refractivity contribution >= 4 is 22.6 Å². The number of nitrogens with one attached hydrogen (secondary N) is 1. The highest BCUT2D eigenvalue weighted by atomic mass is 127. The van der Waals surface area contributed by atoms with Crippen LogP contribution in [-0.2, 0) is 6.42 Å². The molecule has 0 aromatic heterocycles. The van der Waals surface area contributed by atoms with Gasteiger partial charge in [0.15, 0.2) is 0 Å². The van der Waals surface area contributed by atoms with Gasteiger partial charge in [-0.1, -0.05) is 31.2 Å². The fourth-order valence-electron chi connectivity index (χ4n) is 2.80. The van der Waals surface area contributed by atoms with E-state index in [0.717, 1.165) is 40.0 Å². The number of rotatable bonds is 4. The van der Waals surface area contributed by atoms with Crippen molar-refractivity contribution in [3.05, 3.63) is 62.5 Å². The minimum absolute atomic E-state index is 0.0237. The van der Waals surface area contributed by atoms with Crippen molar-refractivity contribution < 1.29 is 9.13 Å². The van der Waals surface area contributed by atoms with Gasteiger partial charge in [0.2, 0.25) is 0 Å². The largest absolute Gasteiger partial charge is 0.493 e. The predicted molar refractivity (Wildman–Crippen MR) is 90.3 cm³/mol. The maximum Gasteiger partial charge on any atom is 0.127 e. The van der Waals surface area contributed by atoms with Gasteiger partial charge in [0.25, 0.3) is 0 Å². The molecule has 0 fully saturated rings. The van der Waals surface area contributed by atoms with Crippen LogP contribution in [0.4, 0.5) is 4.39 Å². The van der Waals surface area contributed by atoms with Crippen LogP contribution in [0.3, 0.4) is 0 Å². The van der Waals surface area contributed by atoms with E-state index < -0.39 is 0 Å². The molecule has 1 unspecified atom stereocenters. The highest BCUT2D eigenvalue weighted by Gasteiger charge is 2.24. The molecule has 21 heavy (non-hydrogen) atoms. The van der Waals surface area contributed by atoms with Gasteiger partial charge in [0, 0.05) is 15.6 Å². The molecule has 1 heterocycles. The summed E-state index contributed by atoms with van der Waals surface area (Å²) in [6.45, 7) is 3.65. The van der Waals surface area contributed by atoms with Gasteiger partial charge >= 0.3 is 0 Å². The van der Waals surface area contributed by atoms with Crippen LogP contribution in [0.5, 0.6) is 5.75 Å². The van der Waals surface area contributed by atoms with Gasteiger partial charge in [-0.15, -0.1) is 0 Å². The number of benzene rings is 2. The summed E-state index contributed by atoms with van der Waals surface area (Å²) in [6, 6.07) is 11.3. The lowest BCUT2D eigenvalue weighted by molar-refractivity contribution is 0.350. The van der Waals surface area contributed by atoms with Crippen LogP contribution < -0.4 is 10.1 Å².